The average molecular weight is 274 g/mol. The van der Waals surface area contributed by atoms with E-state index in [2.05, 4.69) is 0 Å². The van der Waals surface area contributed by atoms with E-state index in [-0.39, 0.29) is 11.7 Å². The number of hydrogen-bond donors (Lipinski definition) is 0. The second-order valence-corrected chi connectivity index (χ2v) is 4.43. The van der Waals surface area contributed by atoms with E-state index in [1.54, 1.807) is 0 Å². The van der Waals surface area contributed by atoms with Crippen LogP contribution in [0.2, 0.25) is 0 Å². The molecule has 6 heteroatoms. The van der Waals surface area contributed by atoms with E-state index in [0.29, 0.717) is 6.42 Å². The molecule has 0 aliphatic carbocycles. The third-order valence-electron chi connectivity index (χ3n) is 2.88. The maximum atomic E-state index is 12.4. The number of carbonyl (C=O) groups is 1. The van der Waals surface area contributed by atoms with Gasteiger partial charge >= 0.3 is 12.1 Å². The number of carbonyl (C=O) groups excluding carboxylic acids is 1. The van der Waals surface area contributed by atoms with Gasteiger partial charge in [0.25, 0.3) is 0 Å². The zero-order valence-corrected chi connectivity index (χ0v) is 10.2. The molecular formula is C13H13F3O3. The summed E-state index contributed by atoms with van der Waals surface area (Å²) in [5, 5.41) is 0. The molecule has 1 fully saturated rings. The highest BCUT2D eigenvalue weighted by Gasteiger charge is 2.30. The van der Waals surface area contributed by atoms with Crippen LogP contribution in [0.5, 0.6) is 0 Å². The standard InChI is InChI=1S/C13H13F3O3/c1-8-2-7-11(18-8)19-12(17)9-3-5-10(6-4-9)13(14,15)16/h3-6,8,11H,2,7H2,1H3. The van der Waals surface area contributed by atoms with E-state index in [1.165, 1.54) is 0 Å². The molecule has 2 unspecified atom stereocenters. The minimum absolute atomic E-state index is 0.0328. The molecule has 0 aromatic heterocycles. The van der Waals surface area contributed by atoms with Gasteiger partial charge in [0.1, 0.15) is 0 Å². The monoisotopic (exact) mass is 274 g/mol. The Bertz CT molecular complexity index is 453. The second-order valence-electron chi connectivity index (χ2n) is 4.43. The summed E-state index contributed by atoms with van der Waals surface area (Å²) in [5.74, 6) is -0.673. The molecule has 2 atom stereocenters. The van der Waals surface area contributed by atoms with Crippen molar-refractivity contribution in [2.45, 2.75) is 38.3 Å². The van der Waals surface area contributed by atoms with Crippen LogP contribution in [0.1, 0.15) is 35.7 Å². The van der Waals surface area contributed by atoms with Gasteiger partial charge in [-0.2, -0.15) is 13.2 Å². The van der Waals surface area contributed by atoms with E-state index in [4.69, 9.17) is 9.47 Å². The Kier molecular flexibility index (Phi) is 3.80. The van der Waals surface area contributed by atoms with Gasteiger partial charge in [0, 0.05) is 6.42 Å². The van der Waals surface area contributed by atoms with Crippen molar-refractivity contribution in [1.82, 2.24) is 0 Å². The SMILES string of the molecule is CC1CCC(OC(=O)c2ccc(C(F)(F)F)cc2)O1. The molecule has 0 N–H and O–H groups in total. The molecule has 0 amide bonds. The molecule has 1 heterocycles. The number of rotatable bonds is 2. The molecule has 3 nitrogen and oxygen atoms in total. The molecule has 2 rings (SSSR count). The van der Waals surface area contributed by atoms with Crippen LogP contribution in [0.15, 0.2) is 24.3 Å². The molecule has 0 bridgehead atoms. The number of ether oxygens (including phenoxy) is 2. The van der Waals surface area contributed by atoms with E-state index in [9.17, 15) is 18.0 Å². The van der Waals surface area contributed by atoms with E-state index in [1.807, 2.05) is 6.92 Å². The summed E-state index contributed by atoms with van der Waals surface area (Å²) in [6.07, 6.45) is -3.58. The van der Waals surface area contributed by atoms with Gasteiger partial charge < -0.3 is 9.47 Å². The van der Waals surface area contributed by atoms with Crippen LogP contribution >= 0.6 is 0 Å². The minimum Gasteiger partial charge on any atom is -0.432 e. The maximum absolute atomic E-state index is 12.4. The smallest absolute Gasteiger partial charge is 0.416 e. The first-order chi connectivity index (χ1) is 8.86. The van der Waals surface area contributed by atoms with Crippen molar-refractivity contribution in [1.29, 1.82) is 0 Å². The molecule has 1 aromatic rings. The lowest BCUT2D eigenvalue weighted by Gasteiger charge is -2.13. The largest absolute Gasteiger partial charge is 0.432 e. The average Bonchev–Trinajstić information content (AvgIpc) is 2.74. The summed E-state index contributed by atoms with van der Waals surface area (Å²) >= 11 is 0. The molecule has 104 valence electrons. The molecule has 1 aliphatic rings. The van der Waals surface area contributed by atoms with Crippen LogP contribution in [0, 0.1) is 0 Å². The Hall–Kier alpha value is -1.56. The summed E-state index contributed by atoms with van der Waals surface area (Å²) in [6.45, 7) is 1.87. The van der Waals surface area contributed by atoms with E-state index >= 15 is 0 Å². The van der Waals surface area contributed by atoms with Gasteiger partial charge in [0.05, 0.1) is 17.2 Å². The van der Waals surface area contributed by atoms with Crippen LogP contribution in [-0.4, -0.2) is 18.4 Å². The summed E-state index contributed by atoms with van der Waals surface area (Å²) < 4.78 is 47.4. The third-order valence-corrected chi connectivity index (χ3v) is 2.88. The Balaban J connectivity index is 2.00. The molecule has 0 radical (unpaired) electrons. The molecule has 19 heavy (non-hydrogen) atoms. The molecule has 1 aromatic carbocycles. The van der Waals surface area contributed by atoms with Gasteiger partial charge in [-0.15, -0.1) is 0 Å². The topological polar surface area (TPSA) is 35.5 Å². The van der Waals surface area contributed by atoms with Crippen molar-refractivity contribution in [3.05, 3.63) is 35.4 Å². The lowest BCUT2D eigenvalue weighted by Crippen LogP contribution is -2.18. The van der Waals surface area contributed by atoms with E-state index < -0.39 is 24.0 Å². The molecular weight excluding hydrogens is 261 g/mol. The van der Waals surface area contributed by atoms with Crippen molar-refractivity contribution in [2.24, 2.45) is 0 Å². The number of hydrogen-bond acceptors (Lipinski definition) is 3. The van der Waals surface area contributed by atoms with Crippen molar-refractivity contribution in [2.75, 3.05) is 0 Å². The highest BCUT2D eigenvalue weighted by atomic mass is 19.4. The van der Waals surface area contributed by atoms with Crippen LogP contribution in [0.4, 0.5) is 13.2 Å². The predicted molar refractivity (Wildman–Crippen MR) is 60.4 cm³/mol. The lowest BCUT2D eigenvalue weighted by atomic mass is 10.1. The van der Waals surface area contributed by atoms with Crippen molar-refractivity contribution >= 4 is 5.97 Å². The number of alkyl halides is 3. The number of benzene rings is 1. The van der Waals surface area contributed by atoms with Crippen LogP contribution in [-0.2, 0) is 15.7 Å². The van der Waals surface area contributed by atoms with Gasteiger partial charge in [-0.25, -0.2) is 4.79 Å². The maximum Gasteiger partial charge on any atom is 0.416 e. The molecule has 0 saturated carbocycles. The van der Waals surface area contributed by atoms with Crippen LogP contribution < -0.4 is 0 Å². The van der Waals surface area contributed by atoms with Gasteiger partial charge in [0.2, 0.25) is 6.29 Å². The molecule has 0 spiro atoms. The summed E-state index contributed by atoms with van der Waals surface area (Å²) in [5.41, 5.74) is -0.717. The predicted octanol–water partition coefficient (Wildman–Crippen LogP) is 3.39. The first kappa shape index (κ1) is 13.9. The second kappa shape index (κ2) is 5.21. The van der Waals surface area contributed by atoms with E-state index in [0.717, 1.165) is 30.7 Å². The van der Waals surface area contributed by atoms with Crippen LogP contribution in [0.25, 0.3) is 0 Å². The quantitative estimate of drug-likeness (QED) is 0.775. The first-order valence-corrected chi connectivity index (χ1v) is 5.90. The zero-order chi connectivity index (χ0) is 14.0. The van der Waals surface area contributed by atoms with Crippen molar-refractivity contribution in [3.63, 3.8) is 0 Å². The van der Waals surface area contributed by atoms with Gasteiger partial charge in [-0.1, -0.05) is 0 Å². The third kappa shape index (κ3) is 3.47. The van der Waals surface area contributed by atoms with Gasteiger partial charge in [-0.3, -0.25) is 0 Å². The Morgan fingerprint density at radius 1 is 1.26 bits per heavy atom. The molecule has 1 saturated heterocycles. The first-order valence-electron chi connectivity index (χ1n) is 5.90. The Morgan fingerprint density at radius 2 is 1.89 bits per heavy atom. The highest BCUT2D eigenvalue weighted by Crippen LogP contribution is 2.29. The van der Waals surface area contributed by atoms with Gasteiger partial charge in [0.15, 0.2) is 0 Å². The fourth-order valence-electron chi connectivity index (χ4n) is 1.84. The fraction of sp³-hybridized carbons (Fsp3) is 0.462. The number of esters is 1. The Morgan fingerprint density at radius 3 is 2.37 bits per heavy atom. The lowest BCUT2D eigenvalue weighted by molar-refractivity contribution is -0.137. The zero-order valence-electron chi connectivity index (χ0n) is 10.2. The fourth-order valence-corrected chi connectivity index (χ4v) is 1.84. The van der Waals surface area contributed by atoms with Crippen molar-refractivity contribution < 1.29 is 27.4 Å². The van der Waals surface area contributed by atoms with Gasteiger partial charge in [-0.05, 0) is 37.6 Å². The van der Waals surface area contributed by atoms with Crippen LogP contribution in [0.3, 0.4) is 0 Å². The summed E-state index contributed by atoms with van der Waals surface area (Å²) in [6, 6.07) is 3.91. The number of halogens is 3. The molecule has 1 aliphatic heterocycles. The highest BCUT2D eigenvalue weighted by molar-refractivity contribution is 5.89. The summed E-state index contributed by atoms with van der Waals surface area (Å²) in [4.78, 5) is 11.7. The Labute approximate surface area is 108 Å². The summed E-state index contributed by atoms with van der Waals surface area (Å²) in [7, 11) is 0. The normalized spacial score (nSPS) is 23.4. The van der Waals surface area contributed by atoms with Crippen molar-refractivity contribution in [3.8, 4) is 0 Å². The minimum atomic E-state index is -4.41.